The van der Waals surface area contributed by atoms with E-state index in [4.69, 9.17) is 4.74 Å². The van der Waals surface area contributed by atoms with Crippen LogP contribution in [0.15, 0.2) is 30.3 Å². The molecule has 3 heteroatoms. The van der Waals surface area contributed by atoms with E-state index in [1.807, 2.05) is 30.3 Å². The zero-order chi connectivity index (χ0) is 14.8. The van der Waals surface area contributed by atoms with Crippen molar-refractivity contribution in [3.63, 3.8) is 0 Å². The Morgan fingerprint density at radius 2 is 1.90 bits per heavy atom. The maximum atomic E-state index is 12.3. The zero-order valence-corrected chi connectivity index (χ0v) is 12.9. The monoisotopic (exact) mass is 277 g/mol. The molecule has 1 aromatic carbocycles. The Bertz CT molecular complexity index is 376. The van der Waals surface area contributed by atoms with Crippen LogP contribution in [-0.4, -0.2) is 19.2 Å². The second-order valence-electron chi connectivity index (χ2n) is 5.43. The summed E-state index contributed by atoms with van der Waals surface area (Å²) in [6.07, 6.45) is 3.41. The number of hydrogen-bond donors (Lipinski definition) is 1. The van der Waals surface area contributed by atoms with Crippen LogP contribution in [0, 0.1) is 5.92 Å². The van der Waals surface area contributed by atoms with Crippen LogP contribution in [0.3, 0.4) is 0 Å². The first kappa shape index (κ1) is 16.7. The summed E-state index contributed by atoms with van der Waals surface area (Å²) in [5, 5.41) is 2.88. The van der Waals surface area contributed by atoms with Gasteiger partial charge < -0.3 is 10.1 Å². The average molecular weight is 277 g/mol. The van der Waals surface area contributed by atoms with Crippen molar-refractivity contribution in [3.05, 3.63) is 35.9 Å². The predicted molar refractivity (Wildman–Crippen MR) is 82.5 cm³/mol. The van der Waals surface area contributed by atoms with Gasteiger partial charge in [-0.2, -0.15) is 0 Å². The molecule has 0 bridgehead atoms. The lowest BCUT2D eigenvalue weighted by Crippen LogP contribution is -2.33. The fourth-order valence-electron chi connectivity index (χ4n) is 2.26. The highest BCUT2D eigenvalue weighted by Gasteiger charge is 2.23. The van der Waals surface area contributed by atoms with Gasteiger partial charge in [0.05, 0.1) is 5.92 Å². The molecule has 0 radical (unpaired) electrons. The number of nitrogens with one attached hydrogen (secondary N) is 1. The maximum Gasteiger partial charge on any atom is 0.229 e. The zero-order valence-electron chi connectivity index (χ0n) is 12.9. The standard InChI is InChI=1S/C17H27NO2/c1-4-5-9-12-20-13-18-17(19)16(14(2)3)15-10-7-6-8-11-15/h6-8,10-11,14,16H,4-5,9,12-13H2,1-3H3,(H,18,19)/t16-/m1/s1. The summed E-state index contributed by atoms with van der Waals surface area (Å²) in [5.74, 6) is 0.189. The van der Waals surface area contributed by atoms with Gasteiger partial charge in [-0.25, -0.2) is 0 Å². The molecule has 0 unspecified atom stereocenters. The second kappa shape index (κ2) is 9.54. The van der Waals surface area contributed by atoms with E-state index < -0.39 is 0 Å². The molecule has 0 heterocycles. The van der Waals surface area contributed by atoms with Gasteiger partial charge in [-0.3, -0.25) is 4.79 Å². The fourth-order valence-corrected chi connectivity index (χ4v) is 2.26. The van der Waals surface area contributed by atoms with Gasteiger partial charge in [0.1, 0.15) is 6.73 Å². The highest BCUT2D eigenvalue weighted by atomic mass is 16.5. The summed E-state index contributed by atoms with van der Waals surface area (Å²) in [4.78, 5) is 12.3. The molecule has 1 amide bonds. The Hall–Kier alpha value is -1.35. The van der Waals surface area contributed by atoms with Gasteiger partial charge in [0.15, 0.2) is 0 Å². The van der Waals surface area contributed by atoms with Crippen molar-refractivity contribution in [2.75, 3.05) is 13.3 Å². The van der Waals surface area contributed by atoms with Crippen LogP contribution in [0.2, 0.25) is 0 Å². The van der Waals surface area contributed by atoms with E-state index in [2.05, 4.69) is 26.1 Å². The molecule has 0 aliphatic carbocycles. The third-order valence-corrected chi connectivity index (χ3v) is 3.35. The molecule has 0 spiro atoms. The first-order valence-electron chi connectivity index (χ1n) is 7.57. The van der Waals surface area contributed by atoms with Crippen molar-refractivity contribution in [2.45, 2.75) is 46.0 Å². The average Bonchev–Trinajstić information content (AvgIpc) is 2.43. The number of carbonyl (C=O) groups is 1. The van der Waals surface area contributed by atoms with E-state index in [-0.39, 0.29) is 17.7 Å². The molecule has 1 atom stereocenters. The molecule has 1 aromatic rings. The molecule has 0 aliphatic heterocycles. The normalized spacial score (nSPS) is 12.4. The lowest BCUT2D eigenvalue weighted by atomic mass is 9.88. The number of amides is 1. The van der Waals surface area contributed by atoms with E-state index in [1.165, 1.54) is 12.8 Å². The Balaban J connectivity index is 2.42. The van der Waals surface area contributed by atoms with Gasteiger partial charge in [-0.1, -0.05) is 63.9 Å². The Labute approximate surface area is 122 Å². The summed E-state index contributed by atoms with van der Waals surface area (Å²) < 4.78 is 5.44. The van der Waals surface area contributed by atoms with Gasteiger partial charge >= 0.3 is 0 Å². The first-order valence-corrected chi connectivity index (χ1v) is 7.57. The summed E-state index contributed by atoms with van der Waals surface area (Å²) in [6, 6.07) is 9.92. The van der Waals surface area contributed by atoms with E-state index in [1.54, 1.807) is 0 Å². The third-order valence-electron chi connectivity index (χ3n) is 3.35. The highest BCUT2D eigenvalue weighted by molar-refractivity contribution is 5.83. The van der Waals surface area contributed by atoms with Gasteiger partial charge in [-0.05, 0) is 17.9 Å². The number of unbranched alkanes of at least 4 members (excludes halogenated alkanes) is 2. The summed E-state index contributed by atoms with van der Waals surface area (Å²) in [6.45, 7) is 7.32. The van der Waals surface area contributed by atoms with Crippen molar-refractivity contribution >= 4 is 5.91 Å². The van der Waals surface area contributed by atoms with Crippen molar-refractivity contribution in [3.8, 4) is 0 Å². The molecule has 20 heavy (non-hydrogen) atoms. The lowest BCUT2D eigenvalue weighted by molar-refractivity contribution is -0.125. The number of ether oxygens (including phenoxy) is 1. The number of rotatable bonds is 9. The van der Waals surface area contributed by atoms with E-state index in [0.717, 1.165) is 12.0 Å². The third kappa shape index (κ3) is 5.74. The molecular weight excluding hydrogens is 250 g/mol. The highest BCUT2D eigenvalue weighted by Crippen LogP contribution is 2.24. The lowest BCUT2D eigenvalue weighted by Gasteiger charge is -2.20. The SMILES string of the molecule is CCCCCOCNC(=O)[C@@H](c1ccccc1)C(C)C. The largest absolute Gasteiger partial charge is 0.361 e. The van der Waals surface area contributed by atoms with Crippen LogP contribution >= 0.6 is 0 Å². The van der Waals surface area contributed by atoms with Gasteiger partial charge in [0.2, 0.25) is 5.91 Å². The molecular formula is C17H27NO2. The molecule has 3 nitrogen and oxygen atoms in total. The molecule has 1 N–H and O–H groups in total. The van der Waals surface area contributed by atoms with Crippen LogP contribution in [-0.2, 0) is 9.53 Å². The second-order valence-corrected chi connectivity index (χ2v) is 5.43. The molecule has 0 saturated heterocycles. The number of benzene rings is 1. The summed E-state index contributed by atoms with van der Waals surface area (Å²) in [5.41, 5.74) is 1.06. The quantitative estimate of drug-likeness (QED) is 0.552. The smallest absolute Gasteiger partial charge is 0.229 e. The molecule has 0 saturated carbocycles. The number of hydrogen-bond acceptors (Lipinski definition) is 2. The van der Waals surface area contributed by atoms with Crippen LogP contribution < -0.4 is 5.32 Å². The van der Waals surface area contributed by atoms with Gasteiger partial charge in [0, 0.05) is 6.61 Å². The Morgan fingerprint density at radius 3 is 2.50 bits per heavy atom. The van der Waals surface area contributed by atoms with Gasteiger partial charge in [-0.15, -0.1) is 0 Å². The van der Waals surface area contributed by atoms with Crippen molar-refractivity contribution in [1.29, 1.82) is 0 Å². The van der Waals surface area contributed by atoms with Crippen LogP contribution in [0.4, 0.5) is 0 Å². The molecule has 0 aromatic heterocycles. The van der Waals surface area contributed by atoms with Crippen LogP contribution in [0.1, 0.15) is 51.5 Å². The van der Waals surface area contributed by atoms with E-state index in [9.17, 15) is 4.79 Å². The maximum absolute atomic E-state index is 12.3. The summed E-state index contributed by atoms with van der Waals surface area (Å²) >= 11 is 0. The van der Waals surface area contributed by atoms with Crippen molar-refractivity contribution in [2.24, 2.45) is 5.92 Å². The predicted octanol–water partition coefficient (Wildman–Crippen LogP) is 3.71. The minimum atomic E-state index is -0.115. The van der Waals surface area contributed by atoms with Crippen LogP contribution in [0.25, 0.3) is 0 Å². The van der Waals surface area contributed by atoms with Crippen molar-refractivity contribution in [1.82, 2.24) is 5.32 Å². The van der Waals surface area contributed by atoms with Crippen LogP contribution in [0.5, 0.6) is 0 Å². The molecule has 0 aliphatic rings. The topological polar surface area (TPSA) is 38.3 Å². The van der Waals surface area contributed by atoms with Gasteiger partial charge in [0.25, 0.3) is 0 Å². The van der Waals surface area contributed by atoms with E-state index >= 15 is 0 Å². The molecule has 0 fully saturated rings. The molecule has 1 rings (SSSR count). The Morgan fingerprint density at radius 1 is 1.20 bits per heavy atom. The minimum absolute atomic E-state index is 0.0432. The first-order chi connectivity index (χ1) is 9.66. The summed E-state index contributed by atoms with van der Waals surface area (Å²) in [7, 11) is 0. The molecule has 112 valence electrons. The van der Waals surface area contributed by atoms with Crippen molar-refractivity contribution < 1.29 is 9.53 Å². The number of carbonyl (C=O) groups excluding carboxylic acids is 1. The Kier molecular flexibility index (Phi) is 7.97. The fraction of sp³-hybridized carbons (Fsp3) is 0.588. The minimum Gasteiger partial charge on any atom is -0.361 e. The van der Waals surface area contributed by atoms with E-state index in [0.29, 0.717) is 13.3 Å².